The standard InChI is InChI=1S/C9H17NO3.C3H8O2.C2H6/c1-9(2)12-7-8(13-9)5-3-4-6-10-11;1-3(2,4)5;1-2/h8H,3-7H2,1-2H3;4-5H,1-2H3;1-2H3. The van der Waals surface area contributed by atoms with Gasteiger partial charge in [0.05, 0.1) is 19.3 Å². The summed E-state index contributed by atoms with van der Waals surface area (Å²) in [6.45, 7) is 11.5. The molecule has 1 rings (SSSR count). The van der Waals surface area contributed by atoms with Crippen LogP contribution in [0.15, 0.2) is 5.18 Å². The fourth-order valence-electron chi connectivity index (χ4n) is 1.45. The summed E-state index contributed by atoms with van der Waals surface area (Å²) in [5.41, 5.74) is 0. The molecule has 1 aliphatic rings. The molecule has 1 aliphatic heterocycles. The zero-order chi connectivity index (χ0) is 16.2. The van der Waals surface area contributed by atoms with Crippen molar-refractivity contribution in [1.29, 1.82) is 0 Å². The highest BCUT2D eigenvalue weighted by Gasteiger charge is 2.31. The third-order valence-electron chi connectivity index (χ3n) is 2.09. The third-order valence-corrected chi connectivity index (χ3v) is 2.09. The topological polar surface area (TPSA) is 88.4 Å². The van der Waals surface area contributed by atoms with Gasteiger partial charge in [-0.05, 0) is 47.0 Å². The van der Waals surface area contributed by atoms with Crippen LogP contribution in [0.25, 0.3) is 0 Å². The maximum atomic E-state index is 9.80. The van der Waals surface area contributed by atoms with E-state index in [0.29, 0.717) is 13.2 Å². The molecule has 1 atom stereocenters. The smallest absolute Gasteiger partial charge is 0.163 e. The zero-order valence-electron chi connectivity index (χ0n) is 13.7. The zero-order valence-corrected chi connectivity index (χ0v) is 13.7. The Morgan fingerprint density at radius 1 is 1.25 bits per heavy atom. The molecule has 0 amide bonds. The molecule has 122 valence electrons. The van der Waals surface area contributed by atoms with Crippen LogP contribution in [0.2, 0.25) is 0 Å². The minimum Gasteiger partial charge on any atom is -0.366 e. The molecule has 2 N–H and O–H groups in total. The molecule has 1 fully saturated rings. The average Bonchev–Trinajstić information content (AvgIpc) is 2.65. The molecule has 20 heavy (non-hydrogen) atoms. The number of nitroso groups, excluding NO2 is 1. The van der Waals surface area contributed by atoms with Crippen molar-refractivity contribution in [3.8, 4) is 0 Å². The third kappa shape index (κ3) is 17.4. The Morgan fingerprint density at radius 3 is 2.10 bits per heavy atom. The van der Waals surface area contributed by atoms with Gasteiger partial charge in [-0.3, -0.25) is 0 Å². The van der Waals surface area contributed by atoms with E-state index in [4.69, 9.17) is 19.7 Å². The van der Waals surface area contributed by atoms with Gasteiger partial charge in [0, 0.05) is 0 Å². The number of rotatable bonds is 5. The van der Waals surface area contributed by atoms with Crippen LogP contribution in [0.1, 0.15) is 60.8 Å². The van der Waals surface area contributed by atoms with Crippen LogP contribution in [0.5, 0.6) is 0 Å². The van der Waals surface area contributed by atoms with Gasteiger partial charge in [-0.25, -0.2) is 0 Å². The van der Waals surface area contributed by atoms with Crippen molar-refractivity contribution in [2.45, 2.75) is 78.5 Å². The van der Waals surface area contributed by atoms with Gasteiger partial charge in [0.1, 0.15) is 0 Å². The lowest BCUT2D eigenvalue weighted by molar-refractivity contribution is -0.139. The lowest BCUT2D eigenvalue weighted by Gasteiger charge is -2.16. The van der Waals surface area contributed by atoms with Gasteiger partial charge in [0.25, 0.3) is 0 Å². The highest BCUT2D eigenvalue weighted by atomic mass is 16.7. The maximum absolute atomic E-state index is 9.80. The highest BCUT2D eigenvalue weighted by Crippen LogP contribution is 2.24. The van der Waals surface area contributed by atoms with Crippen molar-refractivity contribution in [3.05, 3.63) is 4.91 Å². The largest absolute Gasteiger partial charge is 0.366 e. The van der Waals surface area contributed by atoms with E-state index >= 15 is 0 Å². The molecule has 0 bridgehead atoms. The first kappa shape index (κ1) is 21.7. The Bertz CT molecular complexity index is 232. The molecule has 0 aromatic carbocycles. The predicted molar refractivity (Wildman–Crippen MR) is 79.3 cm³/mol. The Balaban J connectivity index is 0. The van der Waals surface area contributed by atoms with Crippen LogP contribution in [0, 0.1) is 4.91 Å². The van der Waals surface area contributed by atoms with Crippen LogP contribution < -0.4 is 0 Å². The van der Waals surface area contributed by atoms with E-state index in [2.05, 4.69) is 5.18 Å². The van der Waals surface area contributed by atoms with Crippen LogP contribution in [0.3, 0.4) is 0 Å². The van der Waals surface area contributed by atoms with Gasteiger partial charge >= 0.3 is 0 Å². The summed E-state index contributed by atoms with van der Waals surface area (Å²) in [4.78, 5) is 9.80. The fraction of sp³-hybridized carbons (Fsp3) is 1.00. The van der Waals surface area contributed by atoms with Crippen molar-refractivity contribution in [2.24, 2.45) is 5.18 Å². The van der Waals surface area contributed by atoms with Crippen molar-refractivity contribution < 1.29 is 19.7 Å². The normalized spacial score (nSPS) is 20.3. The molecule has 0 saturated carbocycles. The SMILES string of the molecule is CC.CC(C)(O)O.CC1(C)OCC(CCCCN=O)O1. The lowest BCUT2D eigenvalue weighted by Crippen LogP contribution is -2.21. The molecule has 1 unspecified atom stereocenters. The summed E-state index contributed by atoms with van der Waals surface area (Å²) in [6.07, 6.45) is 2.99. The average molecular weight is 293 g/mol. The Labute approximate surface area is 122 Å². The molecule has 0 spiro atoms. The van der Waals surface area contributed by atoms with E-state index in [0.717, 1.165) is 19.3 Å². The summed E-state index contributed by atoms with van der Waals surface area (Å²) in [6, 6.07) is 0. The summed E-state index contributed by atoms with van der Waals surface area (Å²) >= 11 is 0. The Kier molecular flexibility index (Phi) is 12.1. The van der Waals surface area contributed by atoms with Gasteiger partial charge < -0.3 is 19.7 Å². The monoisotopic (exact) mass is 293 g/mol. The molecule has 0 aliphatic carbocycles. The van der Waals surface area contributed by atoms with Crippen LogP contribution in [-0.4, -0.2) is 41.0 Å². The molecular formula is C14H31NO5. The molecule has 1 heterocycles. The van der Waals surface area contributed by atoms with Crippen molar-refractivity contribution in [1.82, 2.24) is 0 Å². The van der Waals surface area contributed by atoms with Crippen LogP contribution in [0.4, 0.5) is 0 Å². The van der Waals surface area contributed by atoms with Gasteiger partial charge in [0.15, 0.2) is 11.6 Å². The molecule has 6 nitrogen and oxygen atoms in total. The van der Waals surface area contributed by atoms with Crippen molar-refractivity contribution in [2.75, 3.05) is 13.2 Å². The maximum Gasteiger partial charge on any atom is 0.163 e. The highest BCUT2D eigenvalue weighted by molar-refractivity contribution is 4.70. The van der Waals surface area contributed by atoms with E-state index in [1.165, 1.54) is 13.8 Å². The lowest BCUT2D eigenvalue weighted by atomic mass is 10.1. The quantitative estimate of drug-likeness (QED) is 0.462. The molecule has 1 saturated heterocycles. The molecule has 0 aromatic heterocycles. The van der Waals surface area contributed by atoms with Crippen molar-refractivity contribution in [3.63, 3.8) is 0 Å². The van der Waals surface area contributed by atoms with Crippen molar-refractivity contribution >= 4 is 0 Å². The van der Waals surface area contributed by atoms with Gasteiger partial charge in [0.2, 0.25) is 0 Å². The summed E-state index contributed by atoms with van der Waals surface area (Å²) in [5, 5.41) is 19.0. The van der Waals surface area contributed by atoms with Gasteiger partial charge in [-0.1, -0.05) is 19.0 Å². The number of unbranched alkanes of at least 4 members (excludes halogenated alkanes) is 1. The van der Waals surface area contributed by atoms with Crippen LogP contribution in [-0.2, 0) is 9.47 Å². The number of ether oxygens (including phenoxy) is 2. The van der Waals surface area contributed by atoms with E-state index in [9.17, 15) is 4.91 Å². The first-order valence-electron chi connectivity index (χ1n) is 7.20. The molecule has 0 aromatic rings. The second-order valence-corrected chi connectivity index (χ2v) is 5.29. The molecule has 6 heteroatoms. The van der Waals surface area contributed by atoms with E-state index in [1.54, 1.807) is 0 Å². The first-order chi connectivity index (χ1) is 9.14. The Hall–Kier alpha value is -0.560. The number of hydrogen-bond donors (Lipinski definition) is 2. The summed E-state index contributed by atoms with van der Waals surface area (Å²) in [7, 11) is 0. The second-order valence-electron chi connectivity index (χ2n) is 5.29. The van der Waals surface area contributed by atoms with E-state index in [1.807, 2.05) is 27.7 Å². The van der Waals surface area contributed by atoms with Gasteiger partial charge in [-0.15, -0.1) is 0 Å². The first-order valence-corrected chi connectivity index (χ1v) is 7.20. The van der Waals surface area contributed by atoms with E-state index < -0.39 is 11.6 Å². The summed E-state index contributed by atoms with van der Waals surface area (Å²) < 4.78 is 11.0. The summed E-state index contributed by atoms with van der Waals surface area (Å²) in [5.74, 6) is -1.92. The molecular weight excluding hydrogens is 262 g/mol. The predicted octanol–water partition coefficient (Wildman–Crippen LogP) is 2.81. The van der Waals surface area contributed by atoms with E-state index in [-0.39, 0.29) is 6.10 Å². The molecule has 0 radical (unpaired) electrons. The fourth-order valence-corrected chi connectivity index (χ4v) is 1.45. The number of aliphatic hydroxyl groups is 2. The minimum atomic E-state index is -1.50. The number of nitrogens with zero attached hydrogens (tertiary/aromatic N) is 1. The Morgan fingerprint density at radius 2 is 1.75 bits per heavy atom. The number of hydrogen-bond acceptors (Lipinski definition) is 6. The second kappa shape index (κ2) is 11.1. The van der Waals surface area contributed by atoms with Crippen LogP contribution >= 0.6 is 0 Å². The van der Waals surface area contributed by atoms with Gasteiger partial charge in [-0.2, -0.15) is 4.91 Å². The minimum absolute atomic E-state index is 0.196.